The first-order chi connectivity index (χ1) is 8.13. The molecule has 2 rings (SSSR count). The first-order valence-corrected chi connectivity index (χ1v) is 6.61. The molecule has 1 saturated heterocycles. The molecule has 2 fully saturated rings. The average Bonchev–Trinajstić information content (AvgIpc) is 2.85. The number of nitrogens with zero attached hydrogens (tertiary/aromatic N) is 1. The Kier molecular flexibility index (Phi) is 3.52. The second kappa shape index (κ2) is 4.77. The maximum absolute atomic E-state index is 12.2. The molecular weight excluding hydrogens is 218 g/mol. The molecular formula is C13H21NO3. The van der Waals surface area contributed by atoms with Crippen LogP contribution in [0.4, 0.5) is 0 Å². The number of hydrogen-bond acceptors (Lipinski definition) is 3. The Balaban J connectivity index is 2.16. The van der Waals surface area contributed by atoms with E-state index in [1.807, 2.05) is 6.92 Å². The predicted octanol–water partition coefficient (Wildman–Crippen LogP) is 1.18. The molecule has 2 amide bonds. The minimum Gasteiger partial charge on any atom is -0.394 e. The van der Waals surface area contributed by atoms with Gasteiger partial charge in [0.1, 0.15) is 0 Å². The third-order valence-electron chi connectivity index (χ3n) is 4.39. The topological polar surface area (TPSA) is 57.6 Å². The standard InChI is InChI=1S/C13H21NO3/c1-3-8-5-10-11(6-8)13(17)14(12(10)16)9(4-2)7-15/h8-11,15H,3-7H2,1-2H3/t8?,9-,10?,11?/m1/s1. The molecule has 0 spiro atoms. The second-order valence-electron chi connectivity index (χ2n) is 5.25. The lowest BCUT2D eigenvalue weighted by molar-refractivity contribution is -0.144. The van der Waals surface area contributed by atoms with Crippen LogP contribution in [-0.4, -0.2) is 34.5 Å². The largest absolute Gasteiger partial charge is 0.394 e. The molecule has 0 bridgehead atoms. The molecule has 0 aromatic rings. The van der Waals surface area contributed by atoms with Gasteiger partial charge in [0.25, 0.3) is 0 Å². The second-order valence-corrected chi connectivity index (χ2v) is 5.25. The van der Waals surface area contributed by atoms with Crippen LogP contribution in [0.5, 0.6) is 0 Å². The highest BCUT2D eigenvalue weighted by Gasteiger charge is 2.53. The summed E-state index contributed by atoms with van der Waals surface area (Å²) in [5.41, 5.74) is 0. The van der Waals surface area contributed by atoms with Crippen molar-refractivity contribution in [2.75, 3.05) is 6.61 Å². The molecule has 1 saturated carbocycles. The van der Waals surface area contributed by atoms with Gasteiger partial charge in [0.2, 0.25) is 11.8 Å². The predicted molar refractivity (Wildman–Crippen MR) is 63.0 cm³/mol. The number of aliphatic hydroxyl groups excluding tert-OH is 1. The lowest BCUT2D eigenvalue weighted by Gasteiger charge is -2.25. The highest BCUT2D eigenvalue weighted by Crippen LogP contribution is 2.44. The van der Waals surface area contributed by atoms with Crippen LogP contribution in [0.25, 0.3) is 0 Å². The first-order valence-electron chi connectivity index (χ1n) is 6.61. The zero-order chi connectivity index (χ0) is 12.6. The number of likely N-dealkylation sites (tertiary alicyclic amines) is 1. The fourth-order valence-corrected chi connectivity index (χ4v) is 3.24. The zero-order valence-electron chi connectivity index (χ0n) is 10.6. The third kappa shape index (κ3) is 1.88. The van der Waals surface area contributed by atoms with E-state index in [-0.39, 0.29) is 36.3 Å². The van der Waals surface area contributed by atoms with Gasteiger partial charge in [-0.25, -0.2) is 0 Å². The SMILES string of the molecule is CCC1CC2C(=O)N([C@H](CC)CO)C(=O)C2C1. The lowest BCUT2D eigenvalue weighted by Crippen LogP contribution is -2.43. The molecule has 0 aromatic heterocycles. The number of amides is 2. The smallest absolute Gasteiger partial charge is 0.233 e. The molecule has 1 N–H and O–H groups in total. The molecule has 2 unspecified atom stereocenters. The number of aliphatic hydroxyl groups is 1. The Bertz CT molecular complexity index is 301. The molecule has 96 valence electrons. The van der Waals surface area contributed by atoms with Crippen molar-refractivity contribution in [3.63, 3.8) is 0 Å². The summed E-state index contributed by atoms with van der Waals surface area (Å²) in [5, 5.41) is 9.24. The summed E-state index contributed by atoms with van der Waals surface area (Å²) >= 11 is 0. The Hall–Kier alpha value is -0.900. The van der Waals surface area contributed by atoms with Crippen molar-refractivity contribution in [1.82, 2.24) is 4.90 Å². The van der Waals surface area contributed by atoms with Crippen LogP contribution >= 0.6 is 0 Å². The van der Waals surface area contributed by atoms with Gasteiger partial charge in [-0.15, -0.1) is 0 Å². The van der Waals surface area contributed by atoms with E-state index in [0.29, 0.717) is 12.3 Å². The Morgan fingerprint density at radius 2 is 1.76 bits per heavy atom. The summed E-state index contributed by atoms with van der Waals surface area (Å²) in [6.07, 6.45) is 3.38. The van der Waals surface area contributed by atoms with E-state index < -0.39 is 0 Å². The van der Waals surface area contributed by atoms with Gasteiger partial charge in [-0.3, -0.25) is 14.5 Å². The Morgan fingerprint density at radius 1 is 1.24 bits per heavy atom. The van der Waals surface area contributed by atoms with Gasteiger partial charge < -0.3 is 5.11 Å². The van der Waals surface area contributed by atoms with Gasteiger partial charge in [-0.1, -0.05) is 20.3 Å². The molecule has 1 heterocycles. The minimum atomic E-state index is -0.319. The van der Waals surface area contributed by atoms with Crippen molar-refractivity contribution >= 4 is 11.8 Å². The van der Waals surface area contributed by atoms with E-state index in [1.165, 1.54) is 4.90 Å². The maximum Gasteiger partial charge on any atom is 0.233 e. The Labute approximate surface area is 102 Å². The summed E-state index contributed by atoms with van der Waals surface area (Å²) in [5.74, 6) is 0.226. The van der Waals surface area contributed by atoms with Crippen molar-refractivity contribution < 1.29 is 14.7 Å². The van der Waals surface area contributed by atoms with Crippen LogP contribution in [0.15, 0.2) is 0 Å². The van der Waals surface area contributed by atoms with Crippen molar-refractivity contribution in [3.05, 3.63) is 0 Å². The number of carbonyl (C=O) groups excluding carboxylic acids is 2. The maximum atomic E-state index is 12.2. The van der Waals surface area contributed by atoms with Crippen LogP contribution in [0.3, 0.4) is 0 Å². The molecule has 1 aliphatic carbocycles. The van der Waals surface area contributed by atoms with Crippen LogP contribution in [0.2, 0.25) is 0 Å². The summed E-state index contributed by atoms with van der Waals surface area (Å²) in [6, 6.07) is -0.319. The molecule has 3 atom stereocenters. The average molecular weight is 239 g/mol. The molecule has 17 heavy (non-hydrogen) atoms. The van der Waals surface area contributed by atoms with Crippen LogP contribution in [-0.2, 0) is 9.59 Å². The quantitative estimate of drug-likeness (QED) is 0.749. The van der Waals surface area contributed by atoms with E-state index in [4.69, 9.17) is 0 Å². The van der Waals surface area contributed by atoms with E-state index >= 15 is 0 Å². The number of imide groups is 1. The van der Waals surface area contributed by atoms with E-state index in [1.54, 1.807) is 0 Å². The third-order valence-corrected chi connectivity index (χ3v) is 4.39. The lowest BCUT2D eigenvalue weighted by atomic mass is 10.00. The van der Waals surface area contributed by atoms with Crippen molar-refractivity contribution in [1.29, 1.82) is 0 Å². The van der Waals surface area contributed by atoms with Crippen molar-refractivity contribution in [2.24, 2.45) is 17.8 Å². The van der Waals surface area contributed by atoms with Gasteiger partial charge in [0, 0.05) is 0 Å². The van der Waals surface area contributed by atoms with Gasteiger partial charge in [0.15, 0.2) is 0 Å². The summed E-state index contributed by atoms with van der Waals surface area (Å²) < 4.78 is 0. The minimum absolute atomic E-state index is 0.0446. The molecule has 4 nitrogen and oxygen atoms in total. The van der Waals surface area contributed by atoms with E-state index in [2.05, 4.69) is 6.92 Å². The molecule has 2 aliphatic rings. The number of rotatable bonds is 4. The number of carbonyl (C=O) groups is 2. The monoisotopic (exact) mass is 239 g/mol. The number of fused-ring (bicyclic) bond motifs is 1. The van der Waals surface area contributed by atoms with Crippen molar-refractivity contribution in [3.8, 4) is 0 Å². The molecule has 0 radical (unpaired) electrons. The van der Waals surface area contributed by atoms with E-state index in [9.17, 15) is 14.7 Å². The molecule has 4 heteroatoms. The number of hydrogen-bond donors (Lipinski definition) is 1. The van der Waals surface area contributed by atoms with Gasteiger partial charge >= 0.3 is 0 Å². The van der Waals surface area contributed by atoms with Crippen LogP contribution < -0.4 is 0 Å². The van der Waals surface area contributed by atoms with Crippen molar-refractivity contribution in [2.45, 2.75) is 45.6 Å². The molecule has 1 aliphatic heterocycles. The highest BCUT2D eigenvalue weighted by molar-refractivity contribution is 6.05. The van der Waals surface area contributed by atoms with E-state index in [0.717, 1.165) is 19.3 Å². The summed E-state index contributed by atoms with van der Waals surface area (Å²) in [7, 11) is 0. The fraction of sp³-hybridized carbons (Fsp3) is 0.846. The van der Waals surface area contributed by atoms with Gasteiger partial charge in [0.05, 0.1) is 24.5 Å². The van der Waals surface area contributed by atoms with Gasteiger partial charge in [-0.05, 0) is 25.2 Å². The summed E-state index contributed by atoms with van der Waals surface area (Å²) in [6.45, 7) is 3.88. The normalized spacial score (nSPS) is 34.3. The molecule has 0 aromatic carbocycles. The summed E-state index contributed by atoms with van der Waals surface area (Å²) in [4.78, 5) is 25.8. The zero-order valence-corrected chi connectivity index (χ0v) is 10.6. The van der Waals surface area contributed by atoms with Crippen LogP contribution in [0, 0.1) is 17.8 Å². The first kappa shape index (κ1) is 12.6. The van der Waals surface area contributed by atoms with Gasteiger partial charge in [-0.2, -0.15) is 0 Å². The fourth-order valence-electron chi connectivity index (χ4n) is 3.24. The Morgan fingerprint density at radius 3 is 2.12 bits per heavy atom. The van der Waals surface area contributed by atoms with Crippen LogP contribution in [0.1, 0.15) is 39.5 Å². The highest BCUT2D eigenvalue weighted by atomic mass is 16.3.